The molecule has 6 heteroatoms. The Morgan fingerprint density at radius 3 is 3.06 bits per heavy atom. The van der Waals surface area contributed by atoms with Crippen LogP contribution in [0.3, 0.4) is 0 Å². The molecule has 1 fully saturated rings. The summed E-state index contributed by atoms with van der Waals surface area (Å²) in [5.41, 5.74) is 0. The molecule has 2 heterocycles. The number of hydrogen-bond acceptors (Lipinski definition) is 4. The minimum atomic E-state index is 0.273. The summed E-state index contributed by atoms with van der Waals surface area (Å²) < 4.78 is 0. The summed E-state index contributed by atoms with van der Waals surface area (Å²) in [5.74, 6) is 0.993. The van der Waals surface area contributed by atoms with Crippen molar-refractivity contribution in [1.29, 1.82) is 0 Å². The second kappa shape index (κ2) is 5.82. The molecule has 1 aromatic rings. The van der Waals surface area contributed by atoms with Gasteiger partial charge >= 0.3 is 0 Å². The van der Waals surface area contributed by atoms with E-state index < -0.39 is 0 Å². The lowest BCUT2D eigenvalue weighted by molar-refractivity contribution is -0.127. The molecule has 0 saturated carbocycles. The molecule has 0 atom stereocenters. The van der Waals surface area contributed by atoms with Gasteiger partial charge in [-0.05, 0) is 12.8 Å². The van der Waals surface area contributed by atoms with E-state index in [9.17, 15) is 4.79 Å². The van der Waals surface area contributed by atoms with Crippen LogP contribution in [-0.2, 0) is 4.79 Å². The predicted molar refractivity (Wildman–Crippen MR) is 66.0 cm³/mol. The van der Waals surface area contributed by atoms with E-state index in [1.54, 1.807) is 6.07 Å². The molecule has 5 nitrogen and oxygen atoms in total. The van der Waals surface area contributed by atoms with E-state index >= 15 is 0 Å². The molecule has 0 radical (unpaired) electrons. The minimum Gasteiger partial charge on any atom is -0.370 e. The highest BCUT2D eigenvalue weighted by Gasteiger charge is 2.18. The standard InChI is InChI=1S/C11H15ClN4O/c12-9-7-10(15-8-14-9)13-4-2-6-16-5-1-3-11(16)17/h7-8H,1-6H2,(H,13,14,15). The van der Waals surface area contributed by atoms with E-state index in [0.29, 0.717) is 11.6 Å². The maximum Gasteiger partial charge on any atom is 0.222 e. The van der Waals surface area contributed by atoms with Gasteiger partial charge in [0, 0.05) is 32.1 Å². The van der Waals surface area contributed by atoms with Gasteiger partial charge in [0.1, 0.15) is 17.3 Å². The third-order valence-corrected chi connectivity index (χ3v) is 2.92. The van der Waals surface area contributed by atoms with Gasteiger partial charge in [-0.1, -0.05) is 11.6 Å². The summed E-state index contributed by atoms with van der Waals surface area (Å²) >= 11 is 5.74. The van der Waals surface area contributed by atoms with Crippen LogP contribution in [0.25, 0.3) is 0 Å². The van der Waals surface area contributed by atoms with Crippen LogP contribution in [0, 0.1) is 0 Å². The number of carbonyl (C=O) groups excluding carboxylic acids is 1. The largest absolute Gasteiger partial charge is 0.370 e. The van der Waals surface area contributed by atoms with Gasteiger partial charge in [0.05, 0.1) is 0 Å². The van der Waals surface area contributed by atoms with Gasteiger partial charge in [0.2, 0.25) is 5.91 Å². The number of anilines is 1. The average molecular weight is 255 g/mol. The third-order valence-electron chi connectivity index (χ3n) is 2.72. The van der Waals surface area contributed by atoms with Crippen molar-refractivity contribution in [2.45, 2.75) is 19.3 Å². The molecule has 17 heavy (non-hydrogen) atoms. The van der Waals surface area contributed by atoms with Crippen molar-refractivity contribution >= 4 is 23.3 Å². The van der Waals surface area contributed by atoms with Crippen LogP contribution < -0.4 is 5.32 Å². The Hall–Kier alpha value is -1.36. The second-order valence-electron chi connectivity index (χ2n) is 3.99. The Morgan fingerprint density at radius 1 is 1.47 bits per heavy atom. The second-order valence-corrected chi connectivity index (χ2v) is 4.38. The monoisotopic (exact) mass is 254 g/mol. The van der Waals surface area contributed by atoms with Crippen LogP contribution in [0.2, 0.25) is 5.15 Å². The van der Waals surface area contributed by atoms with E-state index in [1.165, 1.54) is 6.33 Å². The van der Waals surface area contributed by atoms with Crippen LogP contribution >= 0.6 is 11.6 Å². The number of nitrogens with one attached hydrogen (secondary N) is 1. The zero-order valence-electron chi connectivity index (χ0n) is 9.53. The van der Waals surface area contributed by atoms with Gasteiger partial charge in [-0.3, -0.25) is 4.79 Å². The number of hydrogen-bond donors (Lipinski definition) is 1. The summed E-state index contributed by atoms with van der Waals surface area (Å²) in [6, 6.07) is 1.68. The molecule has 0 bridgehead atoms. The van der Waals surface area contributed by atoms with Crippen molar-refractivity contribution in [3.63, 3.8) is 0 Å². The summed E-state index contributed by atoms with van der Waals surface area (Å²) in [6.07, 6.45) is 4.03. The zero-order chi connectivity index (χ0) is 12.1. The fourth-order valence-electron chi connectivity index (χ4n) is 1.86. The molecule has 1 amide bonds. The van der Waals surface area contributed by atoms with Crippen LogP contribution in [0.4, 0.5) is 5.82 Å². The molecule has 1 aliphatic rings. The number of halogens is 1. The maximum absolute atomic E-state index is 11.4. The smallest absolute Gasteiger partial charge is 0.222 e. The van der Waals surface area contributed by atoms with Crippen LogP contribution in [0.15, 0.2) is 12.4 Å². The van der Waals surface area contributed by atoms with Crippen molar-refractivity contribution < 1.29 is 4.79 Å². The average Bonchev–Trinajstić information content (AvgIpc) is 2.71. The van der Waals surface area contributed by atoms with Crippen molar-refractivity contribution in [1.82, 2.24) is 14.9 Å². The molecular formula is C11H15ClN4O. The fourth-order valence-corrected chi connectivity index (χ4v) is 2.00. The number of carbonyl (C=O) groups is 1. The number of likely N-dealkylation sites (tertiary alicyclic amines) is 1. The molecule has 0 aliphatic carbocycles. The Labute approximate surface area is 105 Å². The first-order valence-electron chi connectivity index (χ1n) is 5.75. The molecular weight excluding hydrogens is 240 g/mol. The molecule has 1 aromatic heterocycles. The number of aromatic nitrogens is 2. The molecule has 0 spiro atoms. The molecule has 1 N–H and O–H groups in total. The number of nitrogens with zero attached hydrogens (tertiary/aromatic N) is 3. The van der Waals surface area contributed by atoms with Gasteiger partial charge < -0.3 is 10.2 Å². The first kappa shape index (κ1) is 12.1. The van der Waals surface area contributed by atoms with E-state index in [0.717, 1.165) is 38.3 Å². The highest BCUT2D eigenvalue weighted by atomic mass is 35.5. The number of amides is 1. The van der Waals surface area contributed by atoms with Crippen LogP contribution in [-0.4, -0.2) is 40.4 Å². The lowest BCUT2D eigenvalue weighted by Gasteiger charge is -2.15. The quantitative estimate of drug-likeness (QED) is 0.640. The van der Waals surface area contributed by atoms with E-state index in [1.807, 2.05) is 4.90 Å². The van der Waals surface area contributed by atoms with Gasteiger partial charge in [0.25, 0.3) is 0 Å². The van der Waals surface area contributed by atoms with Crippen LogP contribution in [0.1, 0.15) is 19.3 Å². The van der Waals surface area contributed by atoms with Crippen LogP contribution in [0.5, 0.6) is 0 Å². The van der Waals surface area contributed by atoms with Crippen molar-refractivity contribution in [3.8, 4) is 0 Å². The van der Waals surface area contributed by atoms with E-state index in [2.05, 4.69) is 15.3 Å². The van der Waals surface area contributed by atoms with E-state index in [-0.39, 0.29) is 5.91 Å². The molecule has 2 rings (SSSR count). The van der Waals surface area contributed by atoms with Gasteiger partial charge in [-0.2, -0.15) is 0 Å². The summed E-state index contributed by atoms with van der Waals surface area (Å²) in [5, 5.41) is 3.58. The third kappa shape index (κ3) is 3.56. The normalized spacial score (nSPS) is 15.4. The Bertz CT molecular complexity index is 399. The lowest BCUT2D eigenvalue weighted by Crippen LogP contribution is -2.27. The molecule has 1 aliphatic heterocycles. The summed E-state index contributed by atoms with van der Waals surface area (Å²) in [6.45, 7) is 2.49. The zero-order valence-corrected chi connectivity index (χ0v) is 10.3. The first-order chi connectivity index (χ1) is 8.25. The van der Waals surface area contributed by atoms with Gasteiger partial charge in [-0.15, -0.1) is 0 Å². The summed E-state index contributed by atoms with van der Waals surface area (Å²) in [4.78, 5) is 21.1. The first-order valence-corrected chi connectivity index (χ1v) is 6.13. The minimum absolute atomic E-state index is 0.273. The predicted octanol–water partition coefficient (Wildman–Crippen LogP) is 1.55. The Kier molecular flexibility index (Phi) is 4.14. The van der Waals surface area contributed by atoms with Crippen molar-refractivity contribution in [3.05, 3.63) is 17.5 Å². The highest BCUT2D eigenvalue weighted by molar-refractivity contribution is 6.29. The topological polar surface area (TPSA) is 58.1 Å². The maximum atomic E-state index is 11.4. The van der Waals surface area contributed by atoms with Gasteiger partial charge in [0.15, 0.2) is 0 Å². The highest BCUT2D eigenvalue weighted by Crippen LogP contribution is 2.11. The van der Waals surface area contributed by atoms with Crippen molar-refractivity contribution in [2.75, 3.05) is 25.0 Å². The molecule has 0 unspecified atom stereocenters. The van der Waals surface area contributed by atoms with Gasteiger partial charge in [-0.25, -0.2) is 9.97 Å². The lowest BCUT2D eigenvalue weighted by atomic mass is 10.4. The Morgan fingerprint density at radius 2 is 2.35 bits per heavy atom. The SMILES string of the molecule is O=C1CCCN1CCCNc1cc(Cl)ncn1. The molecule has 92 valence electrons. The van der Waals surface area contributed by atoms with E-state index in [4.69, 9.17) is 11.6 Å². The summed E-state index contributed by atoms with van der Waals surface area (Å²) in [7, 11) is 0. The molecule has 1 saturated heterocycles. The van der Waals surface area contributed by atoms with Crippen molar-refractivity contribution in [2.24, 2.45) is 0 Å². The molecule has 0 aromatic carbocycles. The number of rotatable bonds is 5. The fraction of sp³-hybridized carbons (Fsp3) is 0.545. The Balaban J connectivity index is 1.68.